The first-order valence-corrected chi connectivity index (χ1v) is 11.1. The lowest BCUT2D eigenvalue weighted by Crippen LogP contribution is -2.63. The molecule has 0 amide bonds. The van der Waals surface area contributed by atoms with Gasteiger partial charge in [0.2, 0.25) is 0 Å². The SMILES string of the molecule is C[C@]12CC[C@@H](O)C[C@H]1CC[C@@H]1[C@@H]2C(=O)C[C@@]2(C)[C@H]1CC[C@]2(OOB(O)O)C(=O)CO.O.O.O.O.O.O.O.O. The van der Waals surface area contributed by atoms with Gasteiger partial charge in [0.1, 0.15) is 12.4 Å². The fourth-order valence-electron chi connectivity index (χ4n) is 7.93. The maximum Gasteiger partial charge on any atom is 0.662 e. The highest BCUT2D eigenvalue weighted by Gasteiger charge is 2.70. The quantitative estimate of drug-likeness (QED) is 0.140. The van der Waals surface area contributed by atoms with Crippen LogP contribution in [-0.2, 0) is 19.3 Å². The van der Waals surface area contributed by atoms with E-state index in [9.17, 15) is 19.8 Å². The lowest BCUT2D eigenvalue weighted by molar-refractivity contribution is -0.329. The summed E-state index contributed by atoms with van der Waals surface area (Å²) in [6.45, 7) is 3.27. The number of carbonyl (C=O) groups excluding carboxylic acids is 2. The largest absolute Gasteiger partial charge is 0.662 e. The van der Waals surface area contributed by atoms with Crippen LogP contribution in [0.4, 0.5) is 0 Å². The Morgan fingerprint density at radius 1 is 0.947 bits per heavy atom. The minimum Gasteiger partial charge on any atom is -0.412 e. The molecule has 0 heterocycles. The Balaban J connectivity index is -0.000000454. The van der Waals surface area contributed by atoms with Crippen LogP contribution in [0.15, 0.2) is 0 Å². The van der Waals surface area contributed by atoms with Crippen molar-refractivity contribution in [2.45, 2.75) is 76.9 Å². The van der Waals surface area contributed by atoms with Gasteiger partial charge in [-0.1, -0.05) is 13.8 Å². The summed E-state index contributed by atoms with van der Waals surface area (Å²) >= 11 is 0. The van der Waals surface area contributed by atoms with Crippen molar-refractivity contribution in [2.24, 2.45) is 34.5 Å². The summed E-state index contributed by atoms with van der Waals surface area (Å²) < 4.78 is 0. The maximum atomic E-state index is 13.6. The highest BCUT2D eigenvalue weighted by atomic mass is 17.2. The molecule has 4 saturated carbocycles. The van der Waals surface area contributed by atoms with E-state index in [0.29, 0.717) is 18.8 Å². The second-order valence-corrected chi connectivity index (χ2v) is 10.5. The topological polar surface area (TPSA) is 386 Å². The third-order valence-corrected chi connectivity index (χ3v) is 9.32. The normalized spacial score (nSPS) is 37.8. The zero-order valence-electron chi connectivity index (χ0n) is 21.7. The van der Waals surface area contributed by atoms with Crippen molar-refractivity contribution in [2.75, 3.05) is 6.61 Å². The molecule has 0 aliphatic heterocycles. The third kappa shape index (κ3) is 6.59. The third-order valence-electron chi connectivity index (χ3n) is 9.32. The fourth-order valence-corrected chi connectivity index (χ4v) is 7.93. The summed E-state index contributed by atoms with van der Waals surface area (Å²) in [4.78, 5) is 36.4. The smallest absolute Gasteiger partial charge is 0.412 e. The highest BCUT2D eigenvalue weighted by molar-refractivity contribution is 6.32. The number of aliphatic hydroxyl groups excluding tert-OH is 2. The van der Waals surface area contributed by atoms with E-state index in [-0.39, 0.29) is 91.7 Å². The first-order valence-electron chi connectivity index (χ1n) is 11.1. The average Bonchev–Trinajstić information content (AvgIpc) is 2.98. The van der Waals surface area contributed by atoms with Crippen LogP contribution in [0.5, 0.6) is 0 Å². The molecule has 232 valence electrons. The second kappa shape index (κ2) is 16.2. The van der Waals surface area contributed by atoms with Crippen LogP contribution >= 0.6 is 0 Å². The number of hydrogen-bond donors (Lipinski definition) is 4. The molecule has 8 atom stereocenters. The van der Waals surface area contributed by atoms with Crippen LogP contribution in [-0.4, -0.2) is 101 Å². The van der Waals surface area contributed by atoms with Gasteiger partial charge in [-0.25, -0.2) is 9.69 Å². The van der Waals surface area contributed by atoms with Gasteiger partial charge in [-0.2, -0.15) is 0 Å². The number of carbonyl (C=O) groups is 2. The van der Waals surface area contributed by atoms with Gasteiger partial charge in [0.15, 0.2) is 11.4 Å². The lowest BCUT2D eigenvalue weighted by Gasteiger charge is -2.60. The van der Waals surface area contributed by atoms with Crippen LogP contribution in [0.1, 0.15) is 65.2 Å². The van der Waals surface area contributed by atoms with E-state index < -0.39 is 30.7 Å². The zero-order chi connectivity index (χ0) is 21.9. The Morgan fingerprint density at radius 2 is 1.53 bits per heavy atom. The minimum absolute atomic E-state index is 0. The number of rotatable bonds is 5. The molecule has 0 spiro atoms. The first-order chi connectivity index (χ1) is 14.1. The second-order valence-electron chi connectivity index (χ2n) is 10.5. The number of Topliss-reactive ketones (excluding diaryl/α,β-unsaturated/α-hetero) is 2. The van der Waals surface area contributed by atoms with E-state index in [4.69, 9.17) is 14.9 Å². The molecule has 0 aromatic heterocycles. The van der Waals surface area contributed by atoms with Crippen molar-refractivity contribution < 1.29 is 83.4 Å². The van der Waals surface area contributed by atoms with Gasteiger partial charge < -0.3 is 64.1 Å². The van der Waals surface area contributed by atoms with Crippen molar-refractivity contribution in [1.82, 2.24) is 0 Å². The number of aliphatic hydroxyl groups is 2. The summed E-state index contributed by atoms with van der Waals surface area (Å²) in [5.41, 5.74) is -2.62. The lowest BCUT2D eigenvalue weighted by atomic mass is 9.44. The molecule has 0 saturated heterocycles. The molecule has 4 aliphatic carbocycles. The minimum atomic E-state index is -2.22. The van der Waals surface area contributed by atoms with Crippen LogP contribution in [0.3, 0.4) is 0 Å². The molecule has 4 rings (SSSR count). The van der Waals surface area contributed by atoms with Crippen molar-refractivity contribution in [3.63, 3.8) is 0 Å². The Bertz CT molecular complexity index is 727. The molecule has 20 N–H and O–H groups in total. The monoisotopic (exact) mass is 568 g/mol. The average molecular weight is 568 g/mol. The van der Waals surface area contributed by atoms with Crippen molar-refractivity contribution in [3.8, 4) is 0 Å². The Labute approximate surface area is 220 Å². The van der Waals surface area contributed by atoms with Crippen molar-refractivity contribution in [1.29, 1.82) is 0 Å². The molecular weight excluding hydrogens is 519 g/mol. The van der Waals surface area contributed by atoms with Gasteiger partial charge in [-0.15, -0.1) is 0 Å². The standard InChI is InChI=1S/C21H33BO8.8H2O/c1-19-7-5-13(24)9-12(19)3-4-14-15-6-8-21(17(26)11-23,29-30-22(27)28)20(15,2)10-16(25)18(14)19;;;;;;;;/h12-15,18,23-24,27-28H,3-11H2,1-2H3;8*1H2/t12-,13-,14+,15+,18-,19+,20+,21+;;;;;;;;/m1......../s1. The van der Waals surface area contributed by atoms with E-state index in [1.165, 1.54) is 0 Å². The molecule has 17 heteroatoms. The summed E-state index contributed by atoms with van der Waals surface area (Å²) in [7, 11) is -2.22. The fraction of sp³-hybridized carbons (Fsp3) is 0.905. The van der Waals surface area contributed by atoms with Gasteiger partial charge in [0.05, 0.1) is 6.10 Å². The van der Waals surface area contributed by atoms with Gasteiger partial charge >= 0.3 is 7.32 Å². The summed E-state index contributed by atoms with van der Waals surface area (Å²) in [6, 6.07) is 0. The number of ketones is 2. The Hall–Kier alpha value is -1.16. The van der Waals surface area contributed by atoms with Crippen molar-refractivity contribution in [3.05, 3.63) is 0 Å². The number of fused-ring (bicyclic) bond motifs is 5. The van der Waals surface area contributed by atoms with Crippen LogP contribution in [0.2, 0.25) is 0 Å². The molecule has 0 radical (unpaired) electrons. The van der Waals surface area contributed by atoms with Crippen molar-refractivity contribution >= 4 is 18.9 Å². The van der Waals surface area contributed by atoms with Gasteiger partial charge in [-0.3, -0.25) is 9.59 Å². The molecule has 0 aromatic carbocycles. The van der Waals surface area contributed by atoms with Gasteiger partial charge in [-0.05, 0) is 68.1 Å². The van der Waals surface area contributed by atoms with Gasteiger partial charge in [0.25, 0.3) is 0 Å². The predicted molar refractivity (Wildman–Crippen MR) is 134 cm³/mol. The summed E-state index contributed by atoms with van der Waals surface area (Å²) in [5.74, 6) is -0.146. The van der Waals surface area contributed by atoms with E-state index in [0.717, 1.165) is 25.7 Å². The predicted octanol–water partition coefficient (Wildman–Crippen LogP) is -5.81. The molecule has 16 nitrogen and oxygen atoms in total. The molecule has 0 unspecified atom stereocenters. The van der Waals surface area contributed by atoms with Crippen LogP contribution in [0, 0.1) is 34.5 Å². The zero-order valence-corrected chi connectivity index (χ0v) is 21.7. The molecule has 0 bridgehead atoms. The van der Waals surface area contributed by atoms with E-state index in [1.54, 1.807) is 0 Å². The molecular formula is C21H49BO16. The van der Waals surface area contributed by atoms with Crippen LogP contribution in [0.25, 0.3) is 0 Å². The van der Waals surface area contributed by atoms with E-state index in [2.05, 4.69) is 11.7 Å². The summed E-state index contributed by atoms with van der Waals surface area (Å²) in [6.07, 6.45) is 4.82. The Morgan fingerprint density at radius 3 is 2.05 bits per heavy atom. The van der Waals surface area contributed by atoms with Crippen LogP contribution < -0.4 is 0 Å². The maximum absolute atomic E-state index is 13.6. The van der Waals surface area contributed by atoms with E-state index >= 15 is 0 Å². The molecule has 0 aromatic rings. The number of hydrogen-bond acceptors (Lipinski definition) is 8. The highest BCUT2D eigenvalue weighted by Crippen LogP contribution is 2.68. The Kier molecular flexibility index (Phi) is 19.9. The molecule has 38 heavy (non-hydrogen) atoms. The van der Waals surface area contributed by atoms with Gasteiger partial charge in [0, 0.05) is 17.8 Å². The van der Waals surface area contributed by atoms with E-state index in [1.807, 2.05) is 6.92 Å². The molecule has 4 aliphatic rings. The molecule has 4 fully saturated rings. The first kappa shape index (κ1) is 46.7. The summed E-state index contributed by atoms with van der Waals surface area (Å²) in [5, 5.41) is 38.1.